The molecule has 2 N–H and O–H groups in total. The zero-order valence-electron chi connectivity index (χ0n) is 11.0. The molecule has 0 amide bonds. The summed E-state index contributed by atoms with van der Waals surface area (Å²) in [5, 5.41) is 0. The lowest BCUT2D eigenvalue weighted by Gasteiger charge is -2.15. The van der Waals surface area contributed by atoms with E-state index in [0.717, 1.165) is 16.7 Å². The van der Waals surface area contributed by atoms with Gasteiger partial charge < -0.3 is 5.73 Å². The average Bonchev–Trinajstić information content (AvgIpc) is 2.86. The molecule has 0 unspecified atom stereocenters. The van der Waals surface area contributed by atoms with Crippen molar-refractivity contribution in [2.24, 2.45) is 0 Å². The maximum atomic E-state index is 12.5. The van der Waals surface area contributed by atoms with Crippen LogP contribution in [0.5, 0.6) is 0 Å². The van der Waals surface area contributed by atoms with Gasteiger partial charge in [0, 0.05) is 18.8 Å². The Balaban J connectivity index is 1.79. The number of nitrogen functional groups attached to an aromatic ring is 1. The quantitative estimate of drug-likeness (QED) is 0.880. The van der Waals surface area contributed by atoms with Gasteiger partial charge in [0.25, 0.3) is 0 Å². The molecule has 1 aliphatic heterocycles. The monoisotopic (exact) mass is 288 g/mol. The first-order chi connectivity index (χ1) is 9.54. The minimum absolute atomic E-state index is 0.0151. The first-order valence-corrected chi connectivity index (χ1v) is 8.04. The molecule has 2 aromatic carbocycles. The van der Waals surface area contributed by atoms with Gasteiger partial charge in [-0.25, -0.2) is 8.42 Å². The predicted octanol–water partition coefficient (Wildman–Crippen LogP) is 2.11. The number of benzene rings is 2. The smallest absolute Gasteiger partial charge is 0.218 e. The highest BCUT2D eigenvalue weighted by Gasteiger charge is 2.28. The number of hydrogen-bond acceptors (Lipinski definition) is 3. The maximum absolute atomic E-state index is 12.5. The Morgan fingerprint density at radius 1 is 0.950 bits per heavy atom. The zero-order chi connectivity index (χ0) is 14.2. The third-order valence-corrected chi connectivity index (χ3v) is 5.28. The first kappa shape index (κ1) is 13.1. The fraction of sp³-hybridized carbons (Fsp3) is 0.200. The van der Waals surface area contributed by atoms with Gasteiger partial charge in [0.2, 0.25) is 10.0 Å². The van der Waals surface area contributed by atoms with E-state index < -0.39 is 10.0 Å². The second-order valence-electron chi connectivity index (χ2n) is 5.03. The number of nitrogens with zero attached hydrogens (tertiary/aromatic N) is 1. The summed E-state index contributed by atoms with van der Waals surface area (Å²) in [5.74, 6) is 0.0151. The predicted molar refractivity (Wildman–Crippen MR) is 79.2 cm³/mol. The van der Waals surface area contributed by atoms with Gasteiger partial charge in [-0.1, -0.05) is 36.4 Å². The molecular weight excluding hydrogens is 272 g/mol. The zero-order valence-corrected chi connectivity index (χ0v) is 11.8. The van der Waals surface area contributed by atoms with Crippen LogP contribution < -0.4 is 5.73 Å². The maximum Gasteiger partial charge on any atom is 0.218 e. The van der Waals surface area contributed by atoms with Gasteiger partial charge in [0.05, 0.1) is 5.75 Å². The third-order valence-electron chi connectivity index (χ3n) is 3.53. The molecule has 0 fully saturated rings. The van der Waals surface area contributed by atoms with Gasteiger partial charge in [0.1, 0.15) is 0 Å². The summed E-state index contributed by atoms with van der Waals surface area (Å²) in [6, 6.07) is 14.8. The Hall–Kier alpha value is -1.85. The Labute approximate surface area is 118 Å². The van der Waals surface area contributed by atoms with Crippen molar-refractivity contribution in [2.75, 3.05) is 5.73 Å². The second-order valence-corrected chi connectivity index (χ2v) is 7.00. The van der Waals surface area contributed by atoms with Crippen LogP contribution in [0.2, 0.25) is 0 Å². The van der Waals surface area contributed by atoms with Crippen LogP contribution in [0.15, 0.2) is 48.5 Å². The lowest BCUT2D eigenvalue weighted by Crippen LogP contribution is -2.26. The molecule has 4 nitrogen and oxygen atoms in total. The van der Waals surface area contributed by atoms with E-state index >= 15 is 0 Å². The first-order valence-electron chi connectivity index (χ1n) is 6.44. The molecule has 0 atom stereocenters. The molecule has 0 bridgehead atoms. The van der Waals surface area contributed by atoms with Crippen LogP contribution in [0.1, 0.15) is 16.7 Å². The molecule has 0 saturated heterocycles. The Morgan fingerprint density at radius 2 is 1.50 bits per heavy atom. The number of anilines is 1. The minimum Gasteiger partial charge on any atom is -0.399 e. The standard InChI is InChI=1S/C15H16N2O2S/c16-15-7-5-12(6-8-15)11-20(18,19)17-9-13-3-1-2-4-14(13)10-17/h1-8H,9-11,16H2. The van der Waals surface area contributed by atoms with Gasteiger partial charge >= 0.3 is 0 Å². The molecular formula is C15H16N2O2S. The van der Waals surface area contributed by atoms with Crippen LogP contribution in [0, 0.1) is 0 Å². The Bertz CT molecular complexity index is 699. The SMILES string of the molecule is Nc1ccc(CS(=O)(=O)N2Cc3ccccc3C2)cc1. The number of rotatable bonds is 3. The van der Waals surface area contributed by atoms with Gasteiger partial charge in [-0.3, -0.25) is 0 Å². The van der Waals surface area contributed by atoms with Gasteiger partial charge in [-0.05, 0) is 28.8 Å². The van der Waals surface area contributed by atoms with Gasteiger partial charge in [-0.15, -0.1) is 0 Å². The van der Waals surface area contributed by atoms with Crippen molar-refractivity contribution in [3.8, 4) is 0 Å². The Kier molecular flexibility index (Phi) is 3.23. The van der Waals surface area contributed by atoms with Crippen molar-refractivity contribution < 1.29 is 8.42 Å². The minimum atomic E-state index is -3.30. The molecule has 20 heavy (non-hydrogen) atoms. The van der Waals surface area contributed by atoms with Crippen molar-refractivity contribution in [1.82, 2.24) is 4.31 Å². The molecule has 0 radical (unpaired) electrons. The van der Waals surface area contributed by atoms with E-state index in [9.17, 15) is 8.42 Å². The highest BCUT2D eigenvalue weighted by Crippen LogP contribution is 2.26. The topological polar surface area (TPSA) is 63.4 Å². The molecule has 0 saturated carbocycles. The van der Waals surface area contributed by atoms with Crippen molar-refractivity contribution in [3.05, 3.63) is 65.2 Å². The van der Waals surface area contributed by atoms with E-state index in [1.807, 2.05) is 24.3 Å². The number of nitrogens with two attached hydrogens (primary N) is 1. The summed E-state index contributed by atoms with van der Waals surface area (Å²) in [6.07, 6.45) is 0. The summed E-state index contributed by atoms with van der Waals surface area (Å²) in [5.41, 5.74) is 9.19. The van der Waals surface area contributed by atoms with Crippen LogP contribution >= 0.6 is 0 Å². The number of hydrogen-bond donors (Lipinski definition) is 1. The highest BCUT2D eigenvalue weighted by molar-refractivity contribution is 7.88. The fourth-order valence-electron chi connectivity index (χ4n) is 2.41. The third kappa shape index (κ3) is 2.55. The molecule has 1 aliphatic rings. The lowest BCUT2D eigenvalue weighted by atomic mass is 10.1. The number of fused-ring (bicyclic) bond motifs is 1. The van der Waals surface area contributed by atoms with Crippen LogP contribution in [-0.4, -0.2) is 12.7 Å². The molecule has 3 rings (SSSR count). The van der Waals surface area contributed by atoms with E-state index in [1.54, 1.807) is 24.3 Å². The van der Waals surface area contributed by atoms with Gasteiger partial charge in [-0.2, -0.15) is 4.31 Å². The molecule has 2 aromatic rings. The summed E-state index contributed by atoms with van der Waals surface area (Å²) in [7, 11) is -3.30. The average molecular weight is 288 g/mol. The number of sulfonamides is 1. The molecule has 0 spiro atoms. The molecule has 0 aromatic heterocycles. The summed E-state index contributed by atoms with van der Waals surface area (Å²) in [6.45, 7) is 0.932. The molecule has 104 valence electrons. The van der Waals surface area contributed by atoms with Crippen molar-refractivity contribution >= 4 is 15.7 Å². The van der Waals surface area contributed by atoms with Crippen molar-refractivity contribution in [3.63, 3.8) is 0 Å². The van der Waals surface area contributed by atoms with Crippen LogP contribution in [-0.2, 0) is 28.9 Å². The van der Waals surface area contributed by atoms with Crippen LogP contribution in [0.3, 0.4) is 0 Å². The van der Waals surface area contributed by atoms with E-state index in [4.69, 9.17) is 5.73 Å². The van der Waals surface area contributed by atoms with Crippen molar-refractivity contribution in [1.29, 1.82) is 0 Å². The van der Waals surface area contributed by atoms with Crippen LogP contribution in [0.25, 0.3) is 0 Å². The molecule has 1 heterocycles. The second kappa shape index (κ2) is 4.92. The largest absolute Gasteiger partial charge is 0.399 e. The summed E-state index contributed by atoms with van der Waals surface area (Å²) in [4.78, 5) is 0. The van der Waals surface area contributed by atoms with Crippen molar-refractivity contribution in [2.45, 2.75) is 18.8 Å². The lowest BCUT2D eigenvalue weighted by molar-refractivity contribution is 0.431. The van der Waals surface area contributed by atoms with E-state index in [1.165, 1.54) is 4.31 Å². The van der Waals surface area contributed by atoms with E-state index in [-0.39, 0.29) is 5.75 Å². The van der Waals surface area contributed by atoms with Crippen LogP contribution in [0.4, 0.5) is 5.69 Å². The fourth-order valence-corrected chi connectivity index (χ4v) is 3.88. The summed E-state index contributed by atoms with van der Waals surface area (Å²) >= 11 is 0. The normalized spacial score (nSPS) is 15.2. The molecule has 5 heteroatoms. The van der Waals surface area contributed by atoms with Gasteiger partial charge in [0.15, 0.2) is 0 Å². The van der Waals surface area contributed by atoms with E-state index in [2.05, 4.69) is 0 Å². The Morgan fingerprint density at radius 3 is 2.05 bits per heavy atom. The van der Waals surface area contributed by atoms with E-state index in [0.29, 0.717) is 18.8 Å². The summed E-state index contributed by atoms with van der Waals surface area (Å²) < 4.78 is 26.4. The highest BCUT2D eigenvalue weighted by atomic mass is 32.2. The molecule has 0 aliphatic carbocycles.